The average molecular weight is 341 g/mol. The van der Waals surface area contributed by atoms with E-state index in [-0.39, 0.29) is 17.1 Å². The number of alkyl halides is 4. The molecule has 1 rings (SSSR count). The van der Waals surface area contributed by atoms with Crippen LogP contribution in [0.4, 0.5) is 17.6 Å². The Bertz CT molecular complexity index is 530. The minimum absolute atomic E-state index is 0.145. The lowest BCUT2D eigenvalue weighted by atomic mass is 10.2. The predicted octanol–water partition coefficient (Wildman–Crippen LogP) is 3.77. The topological polar surface area (TPSA) is 47.9 Å². The molecule has 0 heterocycles. The molecule has 0 N–H and O–H groups in total. The second-order valence-corrected chi connectivity index (χ2v) is 7.02. The van der Waals surface area contributed by atoms with Crippen LogP contribution in [-0.4, -0.2) is 28.4 Å². The van der Waals surface area contributed by atoms with E-state index >= 15 is 0 Å². The van der Waals surface area contributed by atoms with E-state index in [9.17, 15) is 21.8 Å². The molecule has 0 aromatic heterocycles. The highest BCUT2D eigenvalue weighted by Crippen LogP contribution is 2.25. The van der Waals surface area contributed by atoms with Crippen molar-refractivity contribution in [2.75, 3.05) is 0 Å². The van der Waals surface area contributed by atoms with Crippen LogP contribution in [0.2, 0.25) is 0 Å². The van der Waals surface area contributed by atoms with E-state index in [4.69, 9.17) is 0 Å². The summed E-state index contributed by atoms with van der Waals surface area (Å²) >= 11 is 0. The molecule has 0 radical (unpaired) electrons. The predicted molar refractivity (Wildman–Crippen MR) is 75.2 cm³/mol. The Balaban J connectivity index is 3.06. The Morgan fingerprint density at radius 3 is 1.86 bits per heavy atom. The summed E-state index contributed by atoms with van der Waals surface area (Å²) in [5.74, 6) is -0.729. The monoisotopic (exact) mass is 341 g/mol. The van der Waals surface area contributed by atoms with Gasteiger partial charge < -0.3 is 9.47 Å². The van der Waals surface area contributed by atoms with E-state index in [0.717, 1.165) is 24.4 Å². The third-order valence-corrected chi connectivity index (χ3v) is 3.52. The number of hydrogen-bond donors (Lipinski definition) is 0. The fraction of sp³-hybridized carbons (Fsp3) is 0.462. The van der Waals surface area contributed by atoms with E-state index in [0.29, 0.717) is 0 Å². The first-order valence-corrected chi connectivity index (χ1v) is 7.19. The van der Waals surface area contributed by atoms with Crippen molar-refractivity contribution in [2.45, 2.75) is 38.7 Å². The summed E-state index contributed by atoms with van der Waals surface area (Å²) in [6.07, 6.45) is 1.12. The van der Waals surface area contributed by atoms with Gasteiger partial charge in [-0.15, -0.1) is 0 Å². The van der Waals surface area contributed by atoms with Crippen LogP contribution in [0.5, 0.6) is 11.5 Å². The average Bonchev–Trinajstić information content (AvgIpc) is 2.32. The van der Waals surface area contributed by atoms with Gasteiger partial charge in [-0.2, -0.15) is 22.0 Å². The number of ether oxygens (including phenoxy) is 2. The van der Waals surface area contributed by atoms with Crippen LogP contribution < -0.4 is 9.47 Å². The van der Waals surface area contributed by atoms with Crippen LogP contribution in [0.3, 0.4) is 0 Å². The quantitative estimate of drug-likeness (QED) is 0.584. The van der Waals surface area contributed by atoms with E-state index in [1.165, 1.54) is 0 Å². The Morgan fingerprint density at radius 2 is 1.50 bits per heavy atom. The molecule has 1 atom stereocenters. The molecule has 0 aliphatic heterocycles. The first-order chi connectivity index (χ1) is 10.1. The van der Waals surface area contributed by atoms with Crippen molar-refractivity contribution in [2.24, 2.45) is 4.40 Å². The SMILES string of the molecule is CC(C)(C)[S@@](=O)/N=C/c1cc(OC(F)F)cc(OC(F)F)c1. The minimum Gasteiger partial charge on any atom is -0.435 e. The smallest absolute Gasteiger partial charge is 0.387 e. The van der Waals surface area contributed by atoms with Gasteiger partial charge in [0.25, 0.3) is 0 Å². The minimum atomic E-state index is -3.12. The third-order valence-electron chi connectivity index (χ3n) is 2.17. The van der Waals surface area contributed by atoms with Gasteiger partial charge in [0.15, 0.2) is 0 Å². The maximum absolute atomic E-state index is 12.2. The van der Waals surface area contributed by atoms with Crippen LogP contribution in [0.25, 0.3) is 0 Å². The molecule has 1 aromatic carbocycles. The number of halogens is 4. The summed E-state index contributed by atoms with van der Waals surface area (Å²) < 4.78 is 72.1. The molecular weight excluding hydrogens is 326 g/mol. The summed E-state index contributed by atoms with van der Waals surface area (Å²) in [5.41, 5.74) is 0.145. The number of hydrogen-bond acceptors (Lipinski definition) is 3. The summed E-state index contributed by atoms with van der Waals surface area (Å²) in [5, 5.41) is 0. The van der Waals surface area contributed by atoms with Crippen molar-refractivity contribution in [3.05, 3.63) is 23.8 Å². The van der Waals surface area contributed by atoms with Gasteiger partial charge in [0, 0.05) is 17.8 Å². The molecule has 4 nitrogen and oxygen atoms in total. The molecule has 0 unspecified atom stereocenters. The summed E-state index contributed by atoms with van der Waals surface area (Å²) in [4.78, 5) is 0. The van der Waals surface area contributed by atoms with Gasteiger partial charge >= 0.3 is 13.2 Å². The zero-order valence-corrected chi connectivity index (χ0v) is 12.9. The Kier molecular flexibility index (Phi) is 6.34. The van der Waals surface area contributed by atoms with Crippen molar-refractivity contribution in [1.29, 1.82) is 0 Å². The van der Waals surface area contributed by atoms with Crippen molar-refractivity contribution >= 4 is 17.2 Å². The lowest BCUT2D eigenvalue weighted by Gasteiger charge is -2.13. The molecule has 0 aliphatic carbocycles. The highest BCUT2D eigenvalue weighted by Gasteiger charge is 2.18. The summed E-state index contributed by atoms with van der Waals surface area (Å²) in [6, 6.07) is 3.19. The van der Waals surface area contributed by atoms with Gasteiger partial charge in [0.05, 0.1) is 4.75 Å². The van der Waals surface area contributed by atoms with Crippen LogP contribution in [-0.2, 0) is 11.0 Å². The maximum Gasteiger partial charge on any atom is 0.387 e. The highest BCUT2D eigenvalue weighted by atomic mass is 32.2. The van der Waals surface area contributed by atoms with Crippen molar-refractivity contribution < 1.29 is 31.2 Å². The molecule has 124 valence electrons. The molecular formula is C13H15F4NO3S. The standard InChI is InChI=1S/C13H15F4NO3S/c1-13(2,3)22(19)18-7-8-4-9(20-11(14)15)6-10(5-8)21-12(16)17/h4-7,11-12H,1-3H3/b18-7+/t22-/m1/s1. The first kappa shape index (κ1) is 18.4. The molecule has 0 bridgehead atoms. The van der Waals surface area contributed by atoms with Gasteiger partial charge in [-0.05, 0) is 32.9 Å². The summed E-state index contributed by atoms with van der Waals surface area (Å²) in [6.45, 7) is -1.14. The molecule has 0 aliphatic rings. The van der Waals surface area contributed by atoms with Gasteiger partial charge in [-0.25, -0.2) is 4.21 Å². The fourth-order valence-electron chi connectivity index (χ4n) is 1.28. The Hall–Kier alpha value is -1.64. The zero-order valence-electron chi connectivity index (χ0n) is 12.1. The molecule has 0 amide bonds. The number of rotatable bonds is 6. The van der Waals surface area contributed by atoms with Crippen molar-refractivity contribution in [3.8, 4) is 11.5 Å². The summed E-state index contributed by atoms with van der Waals surface area (Å²) in [7, 11) is -1.58. The fourth-order valence-corrected chi connectivity index (χ4v) is 1.81. The zero-order chi connectivity index (χ0) is 16.9. The van der Waals surface area contributed by atoms with Crippen LogP contribution in [0.15, 0.2) is 22.6 Å². The van der Waals surface area contributed by atoms with E-state index in [1.807, 2.05) is 0 Å². The molecule has 1 aromatic rings. The van der Waals surface area contributed by atoms with Gasteiger partial charge in [0.1, 0.15) is 22.5 Å². The van der Waals surface area contributed by atoms with Crippen molar-refractivity contribution in [1.82, 2.24) is 0 Å². The second kappa shape index (κ2) is 7.57. The second-order valence-electron chi connectivity index (χ2n) is 5.09. The number of benzene rings is 1. The Morgan fingerprint density at radius 1 is 1.05 bits per heavy atom. The molecule has 9 heteroatoms. The van der Waals surface area contributed by atoms with Gasteiger partial charge in [-0.3, -0.25) is 0 Å². The van der Waals surface area contributed by atoms with Gasteiger partial charge in [-0.1, -0.05) is 0 Å². The van der Waals surface area contributed by atoms with Crippen LogP contribution >= 0.6 is 0 Å². The highest BCUT2D eigenvalue weighted by molar-refractivity contribution is 7.85. The molecule has 22 heavy (non-hydrogen) atoms. The first-order valence-electron chi connectivity index (χ1n) is 6.08. The van der Waals surface area contributed by atoms with Gasteiger partial charge in [0.2, 0.25) is 0 Å². The Labute approximate surface area is 127 Å². The molecule has 0 fully saturated rings. The normalized spacial score (nSPS) is 13.9. The molecule has 0 spiro atoms. The number of nitrogens with zero attached hydrogens (tertiary/aromatic N) is 1. The van der Waals surface area contributed by atoms with E-state index in [2.05, 4.69) is 13.9 Å². The lowest BCUT2D eigenvalue weighted by Crippen LogP contribution is -2.19. The largest absolute Gasteiger partial charge is 0.435 e. The lowest BCUT2D eigenvalue weighted by molar-refractivity contribution is -0.0542. The third kappa shape index (κ3) is 6.42. The maximum atomic E-state index is 12.2. The van der Waals surface area contributed by atoms with Crippen LogP contribution in [0, 0.1) is 0 Å². The van der Waals surface area contributed by atoms with Crippen LogP contribution in [0.1, 0.15) is 26.3 Å². The van der Waals surface area contributed by atoms with Crippen molar-refractivity contribution in [3.63, 3.8) is 0 Å². The molecule has 0 saturated carbocycles. The van der Waals surface area contributed by atoms with E-state index < -0.39 is 29.0 Å². The van der Waals surface area contributed by atoms with E-state index in [1.54, 1.807) is 20.8 Å². The molecule has 0 saturated heterocycles.